The number of Topliss-reactive ketones (excluding diaryl/α,β-unsaturated/α-hetero) is 1. The van der Waals surface area contributed by atoms with Crippen molar-refractivity contribution in [2.75, 3.05) is 13.2 Å². The molecule has 0 radical (unpaired) electrons. The first-order chi connectivity index (χ1) is 11.1. The van der Waals surface area contributed by atoms with E-state index < -0.39 is 12.0 Å². The number of hydrogen-bond acceptors (Lipinski definition) is 4. The van der Waals surface area contributed by atoms with Crippen molar-refractivity contribution >= 4 is 17.7 Å². The molecule has 0 saturated heterocycles. The van der Waals surface area contributed by atoms with Crippen molar-refractivity contribution in [3.63, 3.8) is 0 Å². The fraction of sp³-hybridized carbons (Fsp3) is 0.611. The largest absolute Gasteiger partial charge is 0.461 e. The van der Waals surface area contributed by atoms with Gasteiger partial charge in [0.15, 0.2) is 5.78 Å². The van der Waals surface area contributed by atoms with E-state index >= 15 is 0 Å². The lowest BCUT2D eigenvalue weighted by atomic mass is 9.99. The molecule has 0 fully saturated rings. The summed E-state index contributed by atoms with van der Waals surface area (Å²) in [5.41, 5.74) is 1.93. The van der Waals surface area contributed by atoms with Crippen LogP contribution in [0.2, 0.25) is 0 Å². The number of amides is 1. The normalized spacial score (nSPS) is 12.2. The fourth-order valence-electron chi connectivity index (χ4n) is 2.83. The number of aromatic nitrogens is 1. The van der Waals surface area contributed by atoms with Crippen molar-refractivity contribution in [2.24, 2.45) is 5.92 Å². The third kappa shape index (κ3) is 4.24. The zero-order valence-corrected chi connectivity index (χ0v) is 15.6. The van der Waals surface area contributed by atoms with E-state index in [0.717, 1.165) is 0 Å². The summed E-state index contributed by atoms with van der Waals surface area (Å²) in [6.07, 6.45) is 0. The van der Waals surface area contributed by atoms with Crippen LogP contribution in [0.4, 0.5) is 0 Å². The molecule has 6 heteroatoms. The smallest absolute Gasteiger partial charge is 0.355 e. The zero-order valence-electron chi connectivity index (χ0n) is 15.6. The highest BCUT2D eigenvalue weighted by Crippen LogP contribution is 2.22. The lowest BCUT2D eigenvalue weighted by Crippen LogP contribution is -2.44. The Morgan fingerprint density at radius 1 is 1.17 bits per heavy atom. The Morgan fingerprint density at radius 3 is 2.21 bits per heavy atom. The molecule has 0 aliphatic rings. The minimum Gasteiger partial charge on any atom is -0.461 e. The van der Waals surface area contributed by atoms with Gasteiger partial charge in [0.2, 0.25) is 5.91 Å². The first kappa shape index (κ1) is 19.9. The van der Waals surface area contributed by atoms with E-state index in [9.17, 15) is 14.4 Å². The SMILES string of the molecule is CCOC(=O)c1[nH]c(C)c(C(=O)[C@H](C)N(CC(C)C)C(C)=O)c1C. The minimum absolute atomic E-state index is 0.138. The van der Waals surface area contributed by atoms with Gasteiger partial charge in [0.1, 0.15) is 5.69 Å². The second-order valence-electron chi connectivity index (χ2n) is 6.45. The van der Waals surface area contributed by atoms with Crippen molar-refractivity contribution in [3.05, 3.63) is 22.5 Å². The molecule has 134 valence electrons. The topological polar surface area (TPSA) is 79.5 Å². The van der Waals surface area contributed by atoms with Crippen molar-refractivity contribution in [3.8, 4) is 0 Å². The summed E-state index contributed by atoms with van der Waals surface area (Å²) in [6.45, 7) is 13.2. The highest BCUT2D eigenvalue weighted by atomic mass is 16.5. The van der Waals surface area contributed by atoms with Crippen molar-refractivity contribution in [1.82, 2.24) is 9.88 Å². The molecule has 1 N–H and O–H groups in total. The lowest BCUT2D eigenvalue weighted by molar-refractivity contribution is -0.130. The van der Waals surface area contributed by atoms with E-state index in [1.54, 1.807) is 32.6 Å². The molecule has 1 aromatic heterocycles. The Bertz CT molecular complexity index is 631. The number of carbonyl (C=O) groups excluding carboxylic acids is 3. The van der Waals surface area contributed by atoms with Gasteiger partial charge in [-0.2, -0.15) is 0 Å². The quantitative estimate of drug-likeness (QED) is 0.613. The van der Waals surface area contributed by atoms with Crippen LogP contribution in [0.1, 0.15) is 66.7 Å². The molecular weight excluding hydrogens is 308 g/mol. The standard InChI is InChI=1S/C18H28N2O4/c1-8-24-18(23)16-11(4)15(12(5)19-16)17(22)13(6)20(14(7)21)9-10(2)3/h10,13,19H,8-9H2,1-7H3/t13-/m0/s1. The molecule has 1 atom stereocenters. The summed E-state index contributed by atoms with van der Waals surface area (Å²) in [7, 11) is 0. The number of aryl methyl sites for hydroxylation is 1. The number of rotatable bonds is 7. The third-order valence-electron chi connectivity index (χ3n) is 3.98. The van der Waals surface area contributed by atoms with Crippen LogP contribution in [0.15, 0.2) is 0 Å². The highest BCUT2D eigenvalue weighted by molar-refractivity contribution is 6.06. The van der Waals surface area contributed by atoms with Crippen LogP contribution >= 0.6 is 0 Å². The van der Waals surface area contributed by atoms with Crippen LogP contribution in [0, 0.1) is 19.8 Å². The number of ketones is 1. The molecule has 1 amide bonds. The maximum atomic E-state index is 12.9. The second kappa shape index (κ2) is 8.13. The summed E-state index contributed by atoms with van der Waals surface area (Å²) in [6, 6.07) is -0.590. The van der Waals surface area contributed by atoms with Crippen LogP contribution in [-0.4, -0.2) is 46.7 Å². The first-order valence-corrected chi connectivity index (χ1v) is 8.29. The van der Waals surface area contributed by atoms with Crippen molar-refractivity contribution < 1.29 is 19.1 Å². The maximum absolute atomic E-state index is 12.9. The average Bonchev–Trinajstić information content (AvgIpc) is 2.78. The van der Waals surface area contributed by atoms with E-state index in [4.69, 9.17) is 4.74 Å². The Morgan fingerprint density at radius 2 is 1.75 bits per heavy atom. The minimum atomic E-state index is -0.590. The summed E-state index contributed by atoms with van der Waals surface area (Å²) >= 11 is 0. The first-order valence-electron chi connectivity index (χ1n) is 8.29. The van der Waals surface area contributed by atoms with Gasteiger partial charge in [0.05, 0.1) is 12.6 Å². The van der Waals surface area contributed by atoms with E-state index in [1.165, 1.54) is 6.92 Å². The number of H-pyrrole nitrogens is 1. The molecule has 0 bridgehead atoms. The van der Waals surface area contributed by atoms with Gasteiger partial charge >= 0.3 is 5.97 Å². The van der Waals surface area contributed by atoms with Crippen LogP contribution in [-0.2, 0) is 9.53 Å². The van der Waals surface area contributed by atoms with E-state index in [0.29, 0.717) is 29.1 Å². The lowest BCUT2D eigenvalue weighted by Gasteiger charge is -2.29. The number of nitrogens with zero attached hydrogens (tertiary/aromatic N) is 1. The van der Waals surface area contributed by atoms with E-state index in [-0.39, 0.29) is 24.2 Å². The van der Waals surface area contributed by atoms with Gasteiger partial charge in [0, 0.05) is 24.7 Å². The number of ether oxygens (including phenoxy) is 1. The van der Waals surface area contributed by atoms with Crippen LogP contribution in [0.3, 0.4) is 0 Å². The predicted octanol–water partition coefficient (Wildman–Crippen LogP) is 2.88. The van der Waals surface area contributed by atoms with Gasteiger partial charge < -0.3 is 14.6 Å². The summed E-state index contributed by atoms with van der Waals surface area (Å²) in [5, 5.41) is 0. The molecule has 24 heavy (non-hydrogen) atoms. The average molecular weight is 336 g/mol. The number of aromatic amines is 1. The molecule has 0 spiro atoms. The molecule has 0 aromatic carbocycles. The molecule has 0 aliphatic heterocycles. The molecule has 0 saturated carbocycles. The van der Waals surface area contributed by atoms with Crippen molar-refractivity contribution in [2.45, 2.75) is 54.5 Å². The monoisotopic (exact) mass is 336 g/mol. The number of hydrogen-bond donors (Lipinski definition) is 1. The third-order valence-corrected chi connectivity index (χ3v) is 3.98. The van der Waals surface area contributed by atoms with Gasteiger partial charge in [-0.25, -0.2) is 4.79 Å². The van der Waals surface area contributed by atoms with Gasteiger partial charge in [-0.05, 0) is 39.2 Å². The molecule has 0 aliphatic carbocycles. The maximum Gasteiger partial charge on any atom is 0.355 e. The summed E-state index contributed by atoms with van der Waals surface area (Å²) in [4.78, 5) is 41.4. The molecule has 1 aromatic rings. The highest BCUT2D eigenvalue weighted by Gasteiger charge is 2.30. The van der Waals surface area contributed by atoms with Crippen LogP contribution < -0.4 is 0 Å². The Labute approximate surface area is 143 Å². The molecular formula is C18H28N2O4. The van der Waals surface area contributed by atoms with Crippen molar-refractivity contribution in [1.29, 1.82) is 0 Å². The number of carbonyl (C=O) groups is 3. The second-order valence-corrected chi connectivity index (χ2v) is 6.45. The Balaban J connectivity index is 3.18. The number of esters is 1. The summed E-state index contributed by atoms with van der Waals surface area (Å²) < 4.78 is 5.01. The van der Waals surface area contributed by atoms with E-state index in [1.807, 2.05) is 13.8 Å². The Kier molecular flexibility index (Phi) is 6.75. The van der Waals surface area contributed by atoms with Gasteiger partial charge in [0.25, 0.3) is 0 Å². The zero-order chi connectivity index (χ0) is 18.6. The molecule has 1 heterocycles. The predicted molar refractivity (Wildman–Crippen MR) is 92.2 cm³/mol. The van der Waals surface area contributed by atoms with Gasteiger partial charge in [-0.1, -0.05) is 13.8 Å². The molecule has 0 unspecified atom stereocenters. The fourth-order valence-corrected chi connectivity index (χ4v) is 2.83. The summed E-state index contributed by atoms with van der Waals surface area (Å²) in [5.74, 6) is -0.531. The van der Waals surface area contributed by atoms with Gasteiger partial charge in [-0.15, -0.1) is 0 Å². The van der Waals surface area contributed by atoms with Crippen LogP contribution in [0.5, 0.6) is 0 Å². The van der Waals surface area contributed by atoms with E-state index in [2.05, 4.69) is 4.98 Å². The molecule has 6 nitrogen and oxygen atoms in total. The number of nitrogens with one attached hydrogen (secondary N) is 1. The van der Waals surface area contributed by atoms with Crippen LogP contribution in [0.25, 0.3) is 0 Å². The molecule has 1 rings (SSSR count). The Hall–Kier alpha value is -2.11. The van der Waals surface area contributed by atoms with Gasteiger partial charge in [-0.3, -0.25) is 9.59 Å².